The van der Waals surface area contributed by atoms with E-state index >= 15 is 0 Å². The predicted octanol–water partition coefficient (Wildman–Crippen LogP) is 11.0. The summed E-state index contributed by atoms with van der Waals surface area (Å²) < 4.78 is 14.0. The van der Waals surface area contributed by atoms with Crippen LogP contribution in [0.2, 0.25) is 36.3 Å². The highest BCUT2D eigenvalue weighted by molar-refractivity contribution is 6.74. The van der Waals surface area contributed by atoms with E-state index in [1.807, 2.05) is 6.08 Å². The molecule has 1 aromatic rings. The topological polar surface area (TPSA) is 18.5 Å². The van der Waals surface area contributed by atoms with Gasteiger partial charge in [0.2, 0.25) is 0 Å². The van der Waals surface area contributed by atoms with Crippen molar-refractivity contribution in [3.63, 3.8) is 0 Å². The second kappa shape index (κ2) is 12.8. The van der Waals surface area contributed by atoms with E-state index in [2.05, 4.69) is 105 Å². The molecule has 0 aliphatic heterocycles. The minimum Gasteiger partial charge on any atom is -0.413 e. The van der Waals surface area contributed by atoms with Crippen LogP contribution in [0.4, 0.5) is 0 Å². The number of benzene rings is 1. The highest BCUT2D eigenvalue weighted by Gasteiger charge is 2.48. The Balaban J connectivity index is 2.38. The van der Waals surface area contributed by atoms with Gasteiger partial charge in [-0.25, -0.2) is 0 Å². The van der Waals surface area contributed by atoms with Crippen molar-refractivity contribution < 1.29 is 8.85 Å². The molecule has 2 nitrogen and oxygen atoms in total. The Morgan fingerprint density at radius 1 is 0.973 bits per heavy atom. The first kappa shape index (κ1) is 32.8. The van der Waals surface area contributed by atoms with Crippen molar-refractivity contribution in [1.29, 1.82) is 0 Å². The first-order chi connectivity index (χ1) is 16.9. The van der Waals surface area contributed by atoms with Crippen molar-refractivity contribution in [2.24, 2.45) is 5.92 Å². The second-order valence-electron chi connectivity index (χ2n) is 14.4. The summed E-state index contributed by atoms with van der Waals surface area (Å²) in [6, 6.07) is 9.34. The van der Waals surface area contributed by atoms with Gasteiger partial charge in [0.05, 0.1) is 12.2 Å². The van der Waals surface area contributed by atoms with E-state index in [4.69, 9.17) is 20.5 Å². The number of hydrogen-bond acceptors (Lipinski definition) is 2. The molecule has 0 bridgehead atoms. The molecule has 1 aliphatic carbocycles. The third kappa shape index (κ3) is 8.30. The van der Waals surface area contributed by atoms with E-state index < -0.39 is 16.6 Å². The minimum atomic E-state index is -1.92. The summed E-state index contributed by atoms with van der Waals surface area (Å²) >= 11 is 6.98. The van der Waals surface area contributed by atoms with Crippen LogP contribution in [0.5, 0.6) is 0 Å². The molecular formula is C32H57ClO2Si2. The molecule has 5 atom stereocenters. The van der Waals surface area contributed by atoms with Crippen LogP contribution in [0.3, 0.4) is 0 Å². The molecular weight excluding hydrogens is 508 g/mol. The summed E-state index contributed by atoms with van der Waals surface area (Å²) in [5, 5.41) is 0.481. The SMILES string of the molecule is C=CCC1[C@H](Cl)C[C@@H](O[Si](C)(C)C(C)(C)C)[C@@H]1c1ccc(C(CCCCC)O[Si](C)(C)C(C)(C)C)cc1. The van der Waals surface area contributed by atoms with Crippen LogP contribution in [-0.2, 0) is 8.85 Å². The monoisotopic (exact) mass is 564 g/mol. The fourth-order valence-electron chi connectivity index (χ4n) is 5.01. The van der Waals surface area contributed by atoms with Crippen molar-refractivity contribution in [1.82, 2.24) is 0 Å². The number of halogens is 1. The van der Waals surface area contributed by atoms with Gasteiger partial charge in [-0.3, -0.25) is 0 Å². The lowest BCUT2D eigenvalue weighted by Gasteiger charge is -2.40. The quantitative estimate of drug-likeness (QED) is 0.109. The second-order valence-corrected chi connectivity index (χ2v) is 24.5. The van der Waals surface area contributed by atoms with Gasteiger partial charge in [-0.1, -0.05) is 98.1 Å². The van der Waals surface area contributed by atoms with Crippen LogP contribution in [-0.4, -0.2) is 28.1 Å². The summed E-state index contributed by atoms with van der Waals surface area (Å²) in [6.45, 7) is 29.7. The number of unbranched alkanes of at least 4 members (excludes halogenated alkanes) is 2. The van der Waals surface area contributed by atoms with Crippen LogP contribution in [0, 0.1) is 5.92 Å². The number of hydrogen-bond donors (Lipinski definition) is 0. The van der Waals surface area contributed by atoms with Crippen LogP contribution in [0.15, 0.2) is 36.9 Å². The van der Waals surface area contributed by atoms with E-state index in [1.165, 1.54) is 30.4 Å². The van der Waals surface area contributed by atoms with Crippen LogP contribution < -0.4 is 0 Å². The van der Waals surface area contributed by atoms with Crippen molar-refractivity contribution in [3.8, 4) is 0 Å². The van der Waals surface area contributed by atoms with Gasteiger partial charge < -0.3 is 8.85 Å². The lowest BCUT2D eigenvalue weighted by molar-refractivity contribution is 0.161. The zero-order valence-corrected chi connectivity index (χ0v) is 28.7. The van der Waals surface area contributed by atoms with Gasteiger partial charge in [-0.05, 0) is 72.6 Å². The van der Waals surface area contributed by atoms with Gasteiger partial charge in [-0.15, -0.1) is 18.2 Å². The van der Waals surface area contributed by atoms with Crippen molar-refractivity contribution in [2.45, 2.75) is 147 Å². The van der Waals surface area contributed by atoms with E-state index in [-0.39, 0.29) is 27.7 Å². The number of allylic oxidation sites excluding steroid dienone is 1. The third-order valence-corrected chi connectivity index (χ3v) is 19.0. The first-order valence-corrected chi connectivity index (χ1v) is 20.9. The van der Waals surface area contributed by atoms with Crippen molar-refractivity contribution in [3.05, 3.63) is 48.0 Å². The number of rotatable bonds is 12. The Morgan fingerprint density at radius 2 is 1.54 bits per heavy atom. The maximum atomic E-state index is 7.02. The Labute approximate surface area is 237 Å². The summed E-state index contributed by atoms with van der Waals surface area (Å²) in [5.74, 6) is 0.646. The summed E-state index contributed by atoms with van der Waals surface area (Å²) in [6.07, 6.45) is 8.96. The van der Waals surface area contributed by atoms with E-state index in [0.717, 1.165) is 19.3 Å². The Morgan fingerprint density at radius 3 is 2.03 bits per heavy atom. The summed E-state index contributed by atoms with van der Waals surface area (Å²) in [7, 11) is -3.80. The van der Waals surface area contributed by atoms with Crippen molar-refractivity contribution >= 4 is 28.2 Å². The fraction of sp³-hybridized carbons (Fsp3) is 0.750. The molecule has 0 radical (unpaired) electrons. The van der Waals surface area contributed by atoms with E-state index in [1.54, 1.807) is 0 Å². The third-order valence-electron chi connectivity index (χ3n) is 9.48. The van der Waals surface area contributed by atoms with E-state index in [9.17, 15) is 0 Å². The van der Waals surface area contributed by atoms with Crippen LogP contribution in [0.25, 0.3) is 0 Å². The first-order valence-electron chi connectivity index (χ1n) is 14.7. The largest absolute Gasteiger partial charge is 0.413 e. The Bertz CT molecular complexity index is 851. The lowest BCUT2D eigenvalue weighted by Crippen LogP contribution is -2.44. The molecule has 1 fully saturated rings. The average molecular weight is 565 g/mol. The molecule has 1 saturated carbocycles. The molecule has 0 spiro atoms. The van der Waals surface area contributed by atoms with Gasteiger partial charge in [0.25, 0.3) is 0 Å². The fourth-order valence-corrected chi connectivity index (χ4v) is 8.12. The smallest absolute Gasteiger partial charge is 0.192 e. The molecule has 37 heavy (non-hydrogen) atoms. The molecule has 5 heteroatoms. The molecule has 0 heterocycles. The standard InChI is InChI=1S/C32H57ClO2Si2/c1-13-15-16-18-28(34-36(9,10)31(3,4)5)24-19-21-25(22-20-24)30-26(17-14-2)27(33)23-29(30)35-37(11,12)32(6,7)8/h14,19-22,26-30H,2,13,15-18,23H2,1,3-12H3/t26?,27-,28?,29-,30-/m1/s1. The van der Waals surface area contributed by atoms with Crippen LogP contribution >= 0.6 is 11.6 Å². The molecule has 0 aromatic heterocycles. The normalized spacial score (nSPS) is 24.3. The summed E-state index contributed by atoms with van der Waals surface area (Å²) in [5.41, 5.74) is 2.66. The number of alkyl halides is 1. The zero-order valence-electron chi connectivity index (χ0n) is 25.9. The maximum Gasteiger partial charge on any atom is 0.192 e. The van der Waals surface area contributed by atoms with Gasteiger partial charge in [0.1, 0.15) is 0 Å². The van der Waals surface area contributed by atoms with Crippen molar-refractivity contribution in [2.75, 3.05) is 0 Å². The molecule has 1 aromatic carbocycles. The zero-order chi connectivity index (χ0) is 28.2. The highest BCUT2D eigenvalue weighted by atomic mass is 35.5. The minimum absolute atomic E-state index is 0.112. The Hall–Kier alpha value is -0.396. The molecule has 212 valence electrons. The van der Waals surface area contributed by atoms with Gasteiger partial charge in [0.15, 0.2) is 16.6 Å². The molecule has 0 amide bonds. The van der Waals surface area contributed by atoms with Gasteiger partial charge in [-0.2, -0.15) is 0 Å². The maximum absolute atomic E-state index is 7.02. The van der Waals surface area contributed by atoms with Crippen LogP contribution in [0.1, 0.15) is 110 Å². The van der Waals surface area contributed by atoms with Gasteiger partial charge >= 0.3 is 0 Å². The summed E-state index contributed by atoms with van der Waals surface area (Å²) in [4.78, 5) is 0. The molecule has 0 saturated heterocycles. The van der Waals surface area contributed by atoms with E-state index in [0.29, 0.717) is 11.8 Å². The molecule has 2 rings (SSSR count). The molecule has 1 aliphatic rings. The molecule has 2 unspecified atom stereocenters. The molecule has 0 N–H and O–H groups in total. The lowest BCUT2D eigenvalue weighted by atomic mass is 9.85. The average Bonchev–Trinajstić information content (AvgIpc) is 3.06. The van der Waals surface area contributed by atoms with Gasteiger partial charge in [0, 0.05) is 11.3 Å². The Kier molecular flexibility index (Phi) is 11.4. The predicted molar refractivity (Wildman–Crippen MR) is 169 cm³/mol. The highest BCUT2D eigenvalue weighted by Crippen LogP contribution is 2.49.